The lowest BCUT2D eigenvalue weighted by Gasteiger charge is -2.29. The van der Waals surface area contributed by atoms with Crippen LogP contribution in [0.25, 0.3) is 5.69 Å². The molecule has 2 atom stereocenters. The molecule has 194 valence electrons. The fraction of sp³-hybridized carbons (Fsp3) is 0.300. The number of ether oxygens (including phenoxy) is 1. The molecule has 0 bridgehead atoms. The van der Waals surface area contributed by atoms with Crippen LogP contribution in [0.3, 0.4) is 0 Å². The SMILES string of the molecule is Cc1cc([C@@H]2[C@H](c3ccccn3)NC(=S)N2Cc2ccncc2)c(C)n1-c1ccc(N2CCOCC2)cc1. The first-order chi connectivity index (χ1) is 18.6. The van der Waals surface area contributed by atoms with Gasteiger partial charge in [0, 0.05) is 61.0 Å². The average molecular weight is 525 g/mol. The molecule has 5 heterocycles. The lowest BCUT2D eigenvalue weighted by molar-refractivity contribution is 0.122. The summed E-state index contributed by atoms with van der Waals surface area (Å²) in [6.45, 7) is 8.51. The van der Waals surface area contributed by atoms with Crippen LogP contribution in [0.4, 0.5) is 5.69 Å². The number of nitrogens with zero attached hydrogens (tertiary/aromatic N) is 5. The van der Waals surface area contributed by atoms with Crippen molar-refractivity contribution in [2.45, 2.75) is 32.5 Å². The molecule has 0 amide bonds. The molecule has 1 aromatic carbocycles. The second-order valence-corrected chi connectivity index (χ2v) is 10.3. The van der Waals surface area contributed by atoms with Crippen LogP contribution < -0.4 is 10.2 Å². The summed E-state index contributed by atoms with van der Waals surface area (Å²) in [6, 6.07) is 21.3. The molecule has 0 saturated carbocycles. The van der Waals surface area contributed by atoms with Gasteiger partial charge >= 0.3 is 0 Å². The molecule has 4 aromatic rings. The fourth-order valence-corrected chi connectivity index (χ4v) is 6.02. The number of nitrogens with one attached hydrogen (secondary N) is 1. The van der Waals surface area contributed by atoms with E-state index >= 15 is 0 Å². The van der Waals surface area contributed by atoms with E-state index in [1.165, 1.54) is 28.2 Å². The molecule has 0 radical (unpaired) electrons. The normalized spacial score (nSPS) is 19.6. The van der Waals surface area contributed by atoms with Gasteiger partial charge in [0.25, 0.3) is 0 Å². The van der Waals surface area contributed by atoms with Crippen LogP contribution in [-0.2, 0) is 11.3 Å². The molecule has 2 aliphatic rings. The summed E-state index contributed by atoms with van der Waals surface area (Å²) in [5, 5.41) is 4.32. The van der Waals surface area contributed by atoms with Gasteiger partial charge in [-0.15, -0.1) is 0 Å². The van der Waals surface area contributed by atoms with Gasteiger partial charge in [0.1, 0.15) is 0 Å². The van der Waals surface area contributed by atoms with E-state index in [2.05, 4.69) is 74.9 Å². The second-order valence-electron chi connectivity index (χ2n) is 9.89. The summed E-state index contributed by atoms with van der Waals surface area (Å²) in [5.74, 6) is 0. The first-order valence-corrected chi connectivity index (χ1v) is 13.5. The number of hydrogen-bond acceptors (Lipinski definition) is 5. The van der Waals surface area contributed by atoms with Crippen LogP contribution in [0.2, 0.25) is 0 Å². The van der Waals surface area contributed by atoms with Crippen molar-refractivity contribution < 1.29 is 4.74 Å². The Kier molecular flexibility index (Phi) is 6.82. The molecule has 3 aromatic heterocycles. The highest BCUT2D eigenvalue weighted by Crippen LogP contribution is 2.42. The van der Waals surface area contributed by atoms with Crippen molar-refractivity contribution in [3.8, 4) is 5.69 Å². The zero-order valence-corrected chi connectivity index (χ0v) is 22.6. The number of hydrogen-bond donors (Lipinski definition) is 1. The predicted octanol–water partition coefficient (Wildman–Crippen LogP) is 4.89. The van der Waals surface area contributed by atoms with Crippen LogP contribution in [-0.4, -0.2) is 50.9 Å². The van der Waals surface area contributed by atoms with E-state index in [-0.39, 0.29) is 12.1 Å². The van der Waals surface area contributed by atoms with Crippen molar-refractivity contribution in [2.75, 3.05) is 31.2 Å². The summed E-state index contributed by atoms with van der Waals surface area (Å²) in [5.41, 5.74) is 8.20. The van der Waals surface area contributed by atoms with Gasteiger partial charge in [-0.3, -0.25) is 9.97 Å². The molecule has 0 spiro atoms. The van der Waals surface area contributed by atoms with Crippen molar-refractivity contribution in [1.29, 1.82) is 0 Å². The quantitative estimate of drug-likeness (QED) is 0.360. The largest absolute Gasteiger partial charge is 0.378 e. The number of aromatic nitrogens is 3. The molecule has 1 N–H and O–H groups in total. The Labute approximate surface area is 229 Å². The van der Waals surface area contributed by atoms with Crippen molar-refractivity contribution >= 4 is 23.0 Å². The molecule has 38 heavy (non-hydrogen) atoms. The Hall–Kier alpha value is -3.75. The standard InChI is InChI=1S/C30H32N6OS/c1-21-19-26(22(2)36(21)25-8-6-24(7-9-25)34-15-17-37-18-16-34)29-28(27-5-3-4-12-32-27)33-30(38)35(29)20-23-10-13-31-14-11-23/h3-14,19,28-29H,15-18,20H2,1-2H3,(H,33,38)/t28-,29+/m0/s1. The van der Waals surface area contributed by atoms with E-state index in [0.29, 0.717) is 6.54 Å². The number of pyridine rings is 2. The molecule has 7 nitrogen and oxygen atoms in total. The van der Waals surface area contributed by atoms with Crippen LogP contribution >= 0.6 is 12.2 Å². The molecule has 2 aliphatic heterocycles. The van der Waals surface area contributed by atoms with E-state index in [9.17, 15) is 0 Å². The van der Waals surface area contributed by atoms with Gasteiger partial charge < -0.3 is 24.4 Å². The molecule has 2 saturated heterocycles. The van der Waals surface area contributed by atoms with Gasteiger partial charge in [0.2, 0.25) is 0 Å². The highest BCUT2D eigenvalue weighted by atomic mass is 32.1. The van der Waals surface area contributed by atoms with E-state index in [0.717, 1.165) is 42.8 Å². The Morgan fingerprint density at radius 3 is 2.39 bits per heavy atom. The Bertz CT molecular complexity index is 1400. The summed E-state index contributed by atoms with van der Waals surface area (Å²) in [6.07, 6.45) is 5.51. The first-order valence-electron chi connectivity index (χ1n) is 13.1. The molecule has 0 unspecified atom stereocenters. The van der Waals surface area contributed by atoms with Gasteiger partial charge in [-0.2, -0.15) is 0 Å². The number of anilines is 1. The van der Waals surface area contributed by atoms with Gasteiger partial charge in [0.15, 0.2) is 5.11 Å². The molecule has 6 rings (SSSR count). The van der Waals surface area contributed by atoms with Gasteiger partial charge in [-0.1, -0.05) is 6.07 Å². The van der Waals surface area contributed by atoms with Crippen LogP contribution in [0.15, 0.2) is 79.3 Å². The van der Waals surface area contributed by atoms with Crippen LogP contribution in [0.5, 0.6) is 0 Å². The molecule has 2 fully saturated rings. The number of rotatable bonds is 6. The molecule has 8 heteroatoms. The minimum absolute atomic E-state index is 0.00172. The van der Waals surface area contributed by atoms with Gasteiger partial charge in [-0.05, 0) is 91.8 Å². The lowest BCUT2D eigenvalue weighted by Crippen LogP contribution is -2.36. The monoisotopic (exact) mass is 524 g/mol. The Morgan fingerprint density at radius 2 is 1.68 bits per heavy atom. The summed E-state index contributed by atoms with van der Waals surface area (Å²) in [4.78, 5) is 13.6. The topological polar surface area (TPSA) is 58.5 Å². The highest BCUT2D eigenvalue weighted by molar-refractivity contribution is 7.80. The third-order valence-electron chi connectivity index (χ3n) is 7.57. The Morgan fingerprint density at radius 1 is 0.947 bits per heavy atom. The number of thiocarbonyl (C=S) groups is 1. The van der Waals surface area contributed by atoms with Crippen LogP contribution in [0, 0.1) is 13.8 Å². The number of benzene rings is 1. The van der Waals surface area contributed by atoms with Crippen molar-refractivity contribution in [1.82, 2.24) is 24.8 Å². The minimum atomic E-state index is -0.0526. The van der Waals surface area contributed by atoms with Crippen molar-refractivity contribution in [3.63, 3.8) is 0 Å². The molecular weight excluding hydrogens is 492 g/mol. The number of aryl methyl sites for hydroxylation is 1. The first kappa shape index (κ1) is 24.6. The summed E-state index contributed by atoms with van der Waals surface area (Å²) < 4.78 is 7.87. The third-order valence-corrected chi connectivity index (χ3v) is 7.93. The van der Waals surface area contributed by atoms with Crippen molar-refractivity contribution in [3.05, 3.63) is 107 Å². The third kappa shape index (κ3) is 4.66. The van der Waals surface area contributed by atoms with E-state index in [1.807, 2.05) is 42.9 Å². The zero-order chi connectivity index (χ0) is 26.1. The second kappa shape index (κ2) is 10.6. The maximum Gasteiger partial charge on any atom is 0.170 e. The maximum absolute atomic E-state index is 5.90. The highest BCUT2D eigenvalue weighted by Gasteiger charge is 2.41. The maximum atomic E-state index is 5.90. The van der Waals surface area contributed by atoms with Crippen LogP contribution in [0.1, 0.15) is 40.3 Å². The average Bonchev–Trinajstić information content (AvgIpc) is 3.44. The lowest BCUT2D eigenvalue weighted by atomic mass is 9.96. The van der Waals surface area contributed by atoms with E-state index < -0.39 is 0 Å². The molecule has 0 aliphatic carbocycles. The predicted molar refractivity (Wildman–Crippen MR) is 154 cm³/mol. The molecular formula is C30H32N6OS. The zero-order valence-electron chi connectivity index (χ0n) is 21.7. The van der Waals surface area contributed by atoms with Gasteiger partial charge in [0.05, 0.1) is 31.0 Å². The minimum Gasteiger partial charge on any atom is -0.378 e. The number of morpholine rings is 1. The van der Waals surface area contributed by atoms with E-state index in [4.69, 9.17) is 21.9 Å². The Balaban J connectivity index is 1.38. The summed E-state index contributed by atoms with van der Waals surface area (Å²) in [7, 11) is 0. The van der Waals surface area contributed by atoms with E-state index in [1.54, 1.807) is 0 Å². The van der Waals surface area contributed by atoms with Gasteiger partial charge in [-0.25, -0.2) is 0 Å². The van der Waals surface area contributed by atoms with Crippen molar-refractivity contribution in [2.24, 2.45) is 0 Å². The summed E-state index contributed by atoms with van der Waals surface area (Å²) >= 11 is 5.90. The fourth-order valence-electron chi connectivity index (χ4n) is 5.72. The smallest absolute Gasteiger partial charge is 0.170 e.